The molecule has 6 rings (SSSR count). The molecule has 4 aliphatic rings. The molecule has 188 valence electrons. The van der Waals surface area contributed by atoms with Crippen LogP contribution in [0.2, 0.25) is 0 Å². The average Bonchev–Trinajstić information content (AvgIpc) is 2.93. The topological polar surface area (TPSA) is 53.0 Å². The third-order valence-electron chi connectivity index (χ3n) is 8.87. The number of likely N-dealkylation sites (tertiary alicyclic amines) is 1. The number of aliphatic hydroxyl groups excluding tert-OH is 1. The number of carbonyl (C=O) groups is 1. The normalized spacial score (nSPS) is 29.3. The molecule has 5 nitrogen and oxygen atoms in total. The van der Waals surface area contributed by atoms with Gasteiger partial charge in [-0.15, -0.1) is 0 Å². The van der Waals surface area contributed by atoms with E-state index in [1.54, 1.807) is 0 Å². The lowest BCUT2D eigenvalue weighted by molar-refractivity contribution is -0.200. The van der Waals surface area contributed by atoms with Crippen molar-refractivity contribution >= 4 is 5.97 Å². The van der Waals surface area contributed by atoms with Gasteiger partial charge in [0.1, 0.15) is 11.1 Å². The number of esters is 1. The molecule has 0 aliphatic carbocycles. The Bertz CT molecular complexity index is 970. The second kappa shape index (κ2) is 10.4. The van der Waals surface area contributed by atoms with Gasteiger partial charge in [-0.2, -0.15) is 0 Å². The van der Waals surface area contributed by atoms with Gasteiger partial charge in [-0.1, -0.05) is 67.1 Å². The van der Waals surface area contributed by atoms with Gasteiger partial charge in [0.2, 0.25) is 0 Å². The van der Waals surface area contributed by atoms with Crippen molar-refractivity contribution in [1.29, 1.82) is 0 Å². The highest BCUT2D eigenvalue weighted by Crippen LogP contribution is 2.44. The molecule has 2 bridgehead atoms. The summed E-state index contributed by atoms with van der Waals surface area (Å²) in [6.07, 6.45) is 6.27. The van der Waals surface area contributed by atoms with Crippen molar-refractivity contribution in [2.24, 2.45) is 5.92 Å². The number of aliphatic hydroxyl groups is 1. The number of carbonyl (C=O) groups excluding carboxylic acids is 1. The second-order valence-corrected chi connectivity index (χ2v) is 11.0. The fourth-order valence-corrected chi connectivity index (χ4v) is 6.61. The number of nitrogens with zero attached hydrogens (tertiary/aromatic N) is 2. The van der Waals surface area contributed by atoms with E-state index < -0.39 is 17.2 Å². The summed E-state index contributed by atoms with van der Waals surface area (Å²) in [5.41, 5.74) is 0.582. The van der Waals surface area contributed by atoms with E-state index in [0.29, 0.717) is 18.8 Å². The summed E-state index contributed by atoms with van der Waals surface area (Å²) in [7, 11) is 0. The van der Waals surface area contributed by atoms with Crippen molar-refractivity contribution in [3.05, 3.63) is 71.8 Å². The predicted octanol–water partition coefficient (Wildman–Crippen LogP) is 4.91. The first kappa shape index (κ1) is 24.5. The van der Waals surface area contributed by atoms with Gasteiger partial charge in [0.15, 0.2) is 0 Å². The smallest absolute Gasteiger partial charge is 0.331 e. The number of rotatable bonds is 8. The van der Waals surface area contributed by atoms with Crippen LogP contribution in [-0.2, 0) is 15.1 Å². The van der Waals surface area contributed by atoms with Crippen molar-refractivity contribution in [1.82, 2.24) is 9.80 Å². The van der Waals surface area contributed by atoms with E-state index in [0.717, 1.165) is 69.5 Å². The van der Waals surface area contributed by atoms with E-state index in [9.17, 15) is 9.90 Å². The number of hydrogen-bond donors (Lipinski definition) is 1. The van der Waals surface area contributed by atoms with Crippen LogP contribution < -0.4 is 0 Å². The molecule has 35 heavy (non-hydrogen) atoms. The summed E-state index contributed by atoms with van der Waals surface area (Å²) in [5.74, 6) is 0.217. The molecule has 4 heterocycles. The van der Waals surface area contributed by atoms with Crippen molar-refractivity contribution in [2.75, 3.05) is 32.7 Å². The monoisotopic (exact) mass is 476 g/mol. The standard InChI is InChI=1S/C30H40N2O3/c1-29(25-13-7-3-8-14-25,32-19-9-4-10-20-32)28(34)35-30(23-31-21-16-26(30)17-22-31)18-15-27(33)24-11-5-2-6-12-24/h2-3,5-8,11-14,26-27,33H,4,9-10,15-23H2,1H3/t27-,29-,30-/m0/s1. The van der Waals surface area contributed by atoms with Gasteiger partial charge in [-0.3, -0.25) is 9.80 Å². The molecule has 4 fully saturated rings. The van der Waals surface area contributed by atoms with Gasteiger partial charge < -0.3 is 9.84 Å². The minimum atomic E-state index is -0.807. The summed E-state index contributed by atoms with van der Waals surface area (Å²) in [4.78, 5) is 19.1. The molecule has 0 aromatic heterocycles. The zero-order chi connectivity index (χ0) is 24.3. The SMILES string of the molecule is C[C@@](C(=O)O[C@@]1(CC[C@H](O)c2ccccc2)CN2CCC1CC2)(c1ccccc1)N1CCCCC1. The molecule has 0 spiro atoms. The fraction of sp³-hybridized carbons (Fsp3) is 0.567. The van der Waals surface area contributed by atoms with E-state index >= 15 is 0 Å². The number of hydrogen-bond acceptors (Lipinski definition) is 5. The molecule has 0 unspecified atom stereocenters. The highest BCUT2D eigenvalue weighted by Gasteiger charge is 2.53. The van der Waals surface area contributed by atoms with Crippen LogP contribution >= 0.6 is 0 Å². The number of piperidine rings is 4. The van der Waals surface area contributed by atoms with Crippen molar-refractivity contribution in [3.63, 3.8) is 0 Å². The minimum absolute atomic E-state index is 0.131. The van der Waals surface area contributed by atoms with E-state index in [2.05, 4.69) is 28.9 Å². The van der Waals surface area contributed by atoms with Gasteiger partial charge in [-0.05, 0) is 82.8 Å². The number of benzene rings is 2. The van der Waals surface area contributed by atoms with Crippen LogP contribution in [0.25, 0.3) is 0 Å². The van der Waals surface area contributed by atoms with Crippen LogP contribution in [0.1, 0.15) is 69.1 Å². The second-order valence-electron chi connectivity index (χ2n) is 11.0. The molecule has 0 radical (unpaired) electrons. The first-order valence-electron chi connectivity index (χ1n) is 13.5. The van der Waals surface area contributed by atoms with Crippen molar-refractivity contribution in [3.8, 4) is 0 Å². The fourth-order valence-electron chi connectivity index (χ4n) is 6.61. The van der Waals surface area contributed by atoms with Crippen LogP contribution in [0.3, 0.4) is 0 Å². The Morgan fingerprint density at radius 2 is 1.63 bits per heavy atom. The molecule has 1 N–H and O–H groups in total. The maximum atomic E-state index is 14.3. The van der Waals surface area contributed by atoms with Crippen LogP contribution in [-0.4, -0.2) is 59.2 Å². The Morgan fingerprint density at radius 1 is 1.00 bits per heavy atom. The summed E-state index contributed by atoms with van der Waals surface area (Å²) in [6, 6.07) is 20.0. The minimum Gasteiger partial charge on any atom is -0.456 e. The van der Waals surface area contributed by atoms with Gasteiger partial charge in [0.05, 0.1) is 6.10 Å². The largest absolute Gasteiger partial charge is 0.456 e. The summed E-state index contributed by atoms with van der Waals surface area (Å²) in [5, 5.41) is 10.9. The van der Waals surface area contributed by atoms with Crippen LogP contribution in [0.5, 0.6) is 0 Å². The Kier molecular flexibility index (Phi) is 7.29. The number of fused-ring (bicyclic) bond motifs is 3. The quantitative estimate of drug-likeness (QED) is 0.549. The molecule has 5 heteroatoms. The van der Waals surface area contributed by atoms with E-state index in [1.165, 1.54) is 6.42 Å². The zero-order valence-electron chi connectivity index (χ0n) is 21.1. The highest BCUT2D eigenvalue weighted by atomic mass is 16.6. The Morgan fingerprint density at radius 3 is 2.23 bits per heavy atom. The Balaban J connectivity index is 1.42. The molecular formula is C30H40N2O3. The first-order chi connectivity index (χ1) is 17.0. The lowest BCUT2D eigenvalue weighted by Crippen LogP contribution is -2.63. The molecule has 4 saturated heterocycles. The van der Waals surface area contributed by atoms with E-state index in [-0.39, 0.29) is 5.97 Å². The van der Waals surface area contributed by atoms with Gasteiger partial charge in [-0.25, -0.2) is 4.79 Å². The van der Waals surface area contributed by atoms with Crippen molar-refractivity contribution < 1.29 is 14.6 Å². The van der Waals surface area contributed by atoms with Gasteiger partial charge >= 0.3 is 5.97 Å². The molecule has 2 aromatic carbocycles. The van der Waals surface area contributed by atoms with Crippen LogP contribution in [0, 0.1) is 5.92 Å². The maximum absolute atomic E-state index is 14.3. The van der Waals surface area contributed by atoms with E-state index in [1.807, 2.05) is 48.5 Å². The molecule has 4 aliphatic heterocycles. The summed E-state index contributed by atoms with van der Waals surface area (Å²) < 4.78 is 6.74. The zero-order valence-corrected chi connectivity index (χ0v) is 21.1. The van der Waals surface area contributed by atoms with Crippen LogP contribution in [0.15, 0.2) is 60.7 Å². The molecule has 0 saturated carbocycles. The van der Waals surface area contributed by atoms with Gasteiger partial charge in [0.25, 0.3) is 0 Å². The number of ether oxygens (including phenoxy) is 1. The molecule has 2 aromatic rings. The third-order valence-corrected chi connectivity index (χ3v) is 8.87. The summed E-state index contributed by atoms with van der Waals surface area (Å²) >= 11 is 0. The average molecular weight is 477 g/mol. The van der Waals surface area contributed by atoms with Crippen molar-refractivity contribution in [2.45, 2.75) is 69.1 Å². The van der Waals surface area contributed by atoms with Gasteiger partial charge in [0, 0.05) is 12.5 Å². The van der Waals surface area contributed by atoms with E-state index in [4.69, 9.17) is 4.74 Å². The lowest BCUT2D eigenvalue weighted by Gasteiger charge is -2.54. The first-order valence-corrected chi connectivity index (χ1v) is 13.5. The highest BCUT2D eigenvalue weighted by molar-refractivity contribution is 5.82. The summed E-state index contributed by atoms with van der Waals surface area (Å²) in [6.45, 7) is 6.81. The molecule has 0 amide bonds. The molecular weight excluding hydrogens is 436 g/mol. The predicted molar refractivity (Wildman–Crippen MR) is 138 cm³/mol. The Hall–Kier alpha value is -2.21. The lowest BCUT2D eigenvalue weighted by atomic mass is 9.72. The van der Waals surface area contributed by atoms with Crippen LogP contribution in [0.4, 0.5) is 0 Å². The Labute approximate surface area is 210 Å². The third kappa shape index (κ3) is 4.91. The maximum Gasteiger partial charge on any atom is 0.331 e. The molecule has 3 atom stereocenters.